The molecule has 0 saturated carbocycles. The molecule has 142 valence electrons. The van der Waals surface area contributed by atoms with Gasteiger partial charge in [-0.15, -0.1) is 0 Å². The Kier molecular flexibility index (Phi) is 4.43. The molecule has 0 bridgehead atoms. The van der Waals surface area contributed by atoms with E-state index in [1.807, 2.05) is 0 Å². The van der Waals surface area contributed by atoms with E-state index in [-0.39, 0.29) is 5.69 Å². The zero-order valence-electron chi connectivity index (χ0n) is 14.2. The van der Waals surface area contributed by atoms with E-state index in [1.54, 1.807) is 41.2 Å². The highest BCUT2D eigenvalue weighted by Crippen LogP contribution is 2.31. The Morgan fingerprint density at radius 2 is 1.89 bits per heavy atom. The molecule has 28 heavy (non-hydrogen) atoms. The Morgan fingerprint density at radius 3 is 2.61 bits per heavy atom. The van der Waals surface area contributed by atoms with Crippen LogP contribution in [0.25, 0.3) is 17.2 Å². The van der Waals surface area contributed by atoms with Crippen molar-refractivity contribution in [1.29, 1.82) is 0 Å². The fourth-order valence-electron chi connectivity index (χ4n) is 2.97. The Labute approximate surface area is 162 Å². The SMILES string of the molecule is O=c1nc2n(Cc3ccc(Cl)nc3)cccc-2n1-c1cccc(C(F)(F)F)c1. The molecule has 0 amide bonds. The molecule has 0 spiro atoms. The van der Waals surface area contributed by atoms with E-state index in [0.717, 1.165) is 17.7 Å². The minimum absolute atomic E-state index is 0.105. The average molecular weight is 405 g/mol. The number of alkyl halides is 3. The molecule has 1 aromatic heterocycles. The van der Waals surface area contributed by atoms with Crippen LogP contribution in [0.4, 0.5) is 13.2 Å². The standard InChI is InChI=1S/C19H12ClF3N4O/c20-16-7-6-12(10-24-16)11-26-8-2-5-15-17(26)25-18(28)27(15)14-4-1-3-13(9-14)19(21,22)23/h1-10H,11H2. The zero-order valence-corrected chi connectivity index (χ0v) is 14.9. The van der Waals surface area contributed by atoms with Gasteiger partial charge in [-0.3, -0.25) is 4.57 Å². The molecule has 2 aromatic rings. The van der Waals surface area contributed by atoms with Crippen LogP contribution in [0.5, 0.6) is 0 Å². The molecule has 0 radical (unpaired) electrons. The van der Waals surface area contributed by atoms with Gasteiger partial charge in [-0.1, -0.05) is 23.7 Å². The second-order valence-corrected chi connectivity index (χ2v) is 6.50. The first-order valence-corrected chi connectivity index (χ1v) is 8.57. The topological polar surface area (TPSA) is 52.7 Å². The Balaban J connectivity index is 1.78. The van der Waals surface area contributed by atoms with Crippen LogP contribution >= 0.6 is 11.6 Å². The lowest BCUT2D eigenvalue weighted by Crippen LogP contribution is -2.15. The molecule has 0 N–H and O–H groups in total. The van der Waals surface area contributed by atoms with Gasteiger partial charge in [-0.05, 0) is 42.0 Å². The molecule has 5 nitrogen and oxygen atoms in total. The lowest BCUT2D eigenvalue weighted by molar-refractivity contribution is -0.137. The molecule has 9 heteroatoms. The first-order chi connectivity index (χ1) is 13.3. The monoisotopic (exact) mass is 404 g/mol. The number of pyridine rings is 2. The first kappa shape index (κ1) is 18.2. The van der Waals surface area contributed by atoms with Crippen LogP contribution in [-0.2, 0) is 12.7 Å². The van der Waals surface area contributed by atoms with E-state index in [4.69, 9.17) is 11.6 Å². The fraction of sp³-hybridized carbons (Fsp3) is 0.105. The van der Waals surface area contributed by atoms with Gasteiger partial charge in [-0.25, -0.2) is 9.78 Å². The van der Waals surface area contributed by atoms with Gasteiger partial charge in [0.2, 0.25) is 0 Å². The second kappa shape index (κ2) is 6.79. The van der Waals surface area contributed by atoms with Crippen molar-refractivity contribution in [2.45, 2.75) is 12.7 Å². The van der Waals surface area contributed by atoms with E-state index in [1.165, 1.54) is 16.7 Å². The summed E-state index contributed by atoms with van der Waals surface area (Å²) < 4.78 is 42.0. The third kappa shape index (κ3) is 3.38. The molecule has 0 saturated heterocycles. The molecule has 0 atom stereocenters. The van der Waals surface area contributed by atoms with Crippen molar-refractivity contribution < 1.29 is 13.2 Å². The van der Waals surface area contributed by atoms with Crippen molar-refractivity contribution in [3.8, 4) is 17.2 Å². The number of hydrogen-bond acceptors (Lipinski definition) is 3. The molecule has 1 aromatic carbocycles. The number of rotatable bonds is 3. The van der Waals surface area contributed by atoms with E-state index < -0.39 is 17.4 Å². The van der Waals surface area contributed by atoms with Gasteiger partial charge in [-0.2, -0.15) is 18.2 Å². The summed E-state index contributed by atoms with van der Waals surface area (Å²) >= 11 is 5.79. The van der Waals surface area contributed by atoms with E-state index in [2.05, 4.69) is 9.97 Å². The summed E-state index contributed by atoms with van der Waals surface area (Å²) in [6, 6.07) is 11.4. The number of nitrogens with zero attached hydrogens (tertiary/aromatic N) is 4. The minimum Gasteiger partial charge on any atom is -0.327 e. The van der Waals surface area contributed by atoms with E-state index in [0.29, 0.717) is 23.2 Å². The number of benzene rings is 1. The number of imidazole rings is 1. The van der Waals surface area contributed by atoms with Crippen LogP contribution in [0.15, 0.2) is 65.7 Å². The Hall–Kier alpha value is -3.13. The lowest BCUT2D eigenvalue weighted by atomic mass is 10.2. The zero-order chi connectivity index (χ0) is 19.9. The first-order valence-electron chi connectivity index (χ1n) is 8.19. The summed E-state index contributed by atoms with van der Waals surface area (Å²) in [6.07, 6.45) is -1.16. The highest BCUT2D eigenvalue weighted by molar-refractivity contribution is 6.29. The summed E-state index contributed by atoms with van der Waals surface area (Å²) in [7, 11) is 0. The molecule has 0 aliphatic carbocycles. The van der Waals surface area contributed by atoms with Gasteiger partial charge in [0.05, 0.1) is 23.5 Å². The van der Waals surface area contributed by atoms with E-state index >= 15 is 0 Å². The van der Waals surface area contributed by atoms with Gasteiger partial charge in [0.15, 0.2) is 5.82 Å². The fourth-order valence-corrected chi connectivity index (χ4v) is 3.08. The summed E-state index contributed by atoms with van der Waals surface area (Å²) in [4.78, 5) is 20.5. The third-order valence-electron chi connectivity index (χ3n) is 4.23. The number of aromatic nitrogens is 4. The smallest absolute Gasteiger partial charge is 0.327 e. The third-order valence-corrected chi connectivity index (χ3v) is 4.45. The van der Waals surface area contributed by atoms with Gasteiger partial charge in [0.25, 0.3) is 0 Å². The average Bonchev–Trinajstić information content (AvgIpc) is 3.00. The van der Waals surface area contributed by atoms with Crippen LogP contribution < -0.4 is 5.69 Å². The van der Waals surface area contributed by atoms with Crippen molar-refractivity contribution in [3.05, 3.63) is 87.7 Å². The minimum atomic E-state index is -4.50. The van der Waals surface area contributed by atoms with Crippen molar-refractivity contribution in [2.75, 3.05) is 0 Å². The van der Waals surface area contributed by atoms with E-state index in [9.17, 15) is 18.0 Å². The number of halogens is 4. The maximum absolute atomic E-state index is 13.0. The highest BCUT2D eigenvalue weighted by Gasteiger charge is 2.31. The van der Waals surface area contributed by atoms with Crippen LogP contribution in [0.1, 0.15) is 11.1 Å². The molecule has 0 unspecified atom stereocenters. The van der Waals surface area contributed by atoms with Crippen LogP contribution in [0, 0.1) is 0 Å². The van der Waals surface area contributed by atoms with Crippen LogP contribution in [0.2, 0.25) is 5.15 Å². The Bertz CT molecular complexity index is 1160. The number of fused-ring (bicyclic) bond motifs is 1. The summed E-state index contributed by atoms with van der Waals surface area (Å²) in [5, 5.41) is 0.364. The van der Waals surface area contributed by atoms with Gasteiger partial charge < -0.3 is 4.57 Å². The van der Waals surface area contributed by atoms with Gasteiger partial charge in [0, 0.05) is 12.4 Å². The highest BCUT2D eigenvalue weighted by atomic mass is 35.5. The maximum Gasteiger partial charge on any atom is 0.416 e. The second-order valence-electron chi connectivity index (χ2n) is 6.11. The van der Waals surface area contributed by atoms with Crippen molar-refractivity contribution >= 4 is 11.6 Å². The maximum atomic E-state index is 13.0. The molecular formula is C19H12ClF3N4O. The molecule has 0 fully saturated rings. The Morgan fingerprint density at radius 1 is 1.07 bits per heavy atom. The lowest BCUT2D eigenvalue weighted by Gasteiger charge is -2.13. The summed E-state index contributed by atoms with van der Waals surface area (Å²) in [6.45, 7) is 0.376. The van der Waals surface area contributed by atoms with Gasteiger partial charge >= 0.3 is 11.9 Å². The molecule has 2 aliphatic heterocycles. The molecule has 3 heterocycles. The van der Waals surface area contributed by atoms with Crippen molar-refractivity contribution in [1.82, 2.24) is 19.1 Å². The van der Waals surface area contributed by atoms with Gasteiger partial charge in [0.1, 0.15) is 5.15 Å². The summed E-state index contributed by atoms with van der Waals surface area (Å²) in [5.74, 6) is 0.361. The molecular weight excluding hydrogens is 393 g/mol. The summed E-state index contributed by atoms with van der Waals surface area (Å²) in [5.41, 5.74) is -0.129. The van der Waals surface area contributed by atoms with Crippen molar-refractivity contribution in [2.24, 2.45) is 0 Å². The molecule has 2 aliphatic rings. The quantitative estimate of drug-likeness (QED) is 0.479. The largest absolute Gasteiger partial charge is 0.416 e. The number of hydrogen-bond donors (Lipinski definition) is 0. The normalized spacial score (nSPS) is 11.9. The van der Waals surface area contributed by atoms with Crippen LogP contribution in [-0.4, -0.2) is 19.1 Å². The van der Waals surface area contributed by atoms with Crippen LogP contribution in [0.3, 0.4) is 0 Å². The predicted octanol–water partition coefficient (Wildman–Crippen LogP) is 4.25. The van der Waals surface area contributed by atoms with Crippen molar-refractivity contribution in [3.63, 3.8) is 0 Å². The predicted molar refractivity (Wildman–Crippen MR) is 97.8 cm³/mol. The molecule has 4 rings (SSSR count).